The molecule has 3 rings (SSSR count). The molecule has 0 bridgehead atoms. The molecule has 6 nitrogen and oxygen atoms in total. The summed E-state index contributed by atoms with van der Waals surface area (Å²) in [6.07, 6.45) is 8.94. The van der Waals surface area contributed by atoms with E-state index in [2.05, 4.69) is 5.32 Å². The van der Waals surface area contributed by atoms with E-state index in [1.807, 2.05) is 0 Å². The molecule has 0 unspecified atom stereocenters. The average molecular weight is 401 g/mol. The molecule has 1 N–H and O–H groups in total. The van der Waals surface area contributed by atoms with Gasteiger partial charge in [0.1, 0.15) is 9.77 Å². The second-order valence-electron chi connectivity index (χ2n) is 6.97. The van der Waals surface area contributed by atoms with E-state index in [1.165, 1.54) is 34.9 Å². The molecule has 0 atom stereocenters. The number of nitrogens with zero attached hydrogens (tertiary/aromatic N) is 1. The highest BCUT2D eigenvalue weighted by molar-refractivity contribution is 7.89. The third-order valence-electron chi connectivity index (χ3n) is 5.03. The van der Waals surface area contributed by atoms with E-state index < -0.39 is 10.0 Å². The van der Waals surface area contributed by atoms with Crippen LogP contribution < -0.4 is 5.32 Å². The summed E-state index contributed by atoms with van der Waals surface area (Å²) in [4.78, 5) is 12.9. The highest BCUT2D eigenvalue weighted by Gasteiger charge is 2.31. The van der Waals surface area contributed by atoms with Crippen molar-refractivity contribution in [2.24, 2.45) is 0 Å². The zero-order valence-electron chi connectivity index (χ0n) is 15.1. The summed E-state index contributed by atoms with van der Waals surface area (Å²) in [6, 6.07) is 1.54. The molecule has 0 spiro atoms. The fourth-order valence-corrected chi connectivity index (χ4v) is 6.40. The number of nitrogens with one attached hydrogen (secondary N) is 1. The number of amides is 1. The number of rotatable bonds is 8. The maximum absolute atomic E-state index is 12.7. The van der Waals surface area contributed by atoms with Crippen LogP contribution in [-0.4, -0.2) is 51.0 Å². The molecule has 1 aliphatic heterocycles. The van der Waals surface area contributed by atoms with Crippen LogP contribution in [0.4, 0.5) is 0 Å². The van der Waals surface area contributed by atoms with E-state index in [1.54, 1.807) is 11.4 Å². The van der Waals surface area contributed by atoms with Crippen molar-refractivity contribution in [1.29, 1.82) is 0 Å². The van der Waals surface area contributed by atoms with Crippen LogP contribution in [0.3, 0.4) is 0 Å². The Bertz CT molecular complexity index is 690. The summed E-state index contributed by atoms with van der Waals surface area (Å²) in [6.45, 7) is 2.20. The predicted molar refractivity (Wildman–Crippen MR) is 102 cm³/mol. The third-order valence-corrected chi connectivity index (χ3v) is 8.01. The number of carbonyl (C=O) groups is 1. The van der Waals surface area contributed by atoms with Crippen molar-refractivity contribution >= 4 is 27.3 Å². The molecule has 2 fully saturated rings. The fourth-order valence-electron chi connectivity index (χ4n) is 3.57. The number of ether oxygens (including phenoxy) is 1. The first-order chi connectivity index (χ1) is 12.6. The summed E-state index contributed by atoms with van der Waals surface area (Å²) in [7, 11) is -3.56. The van der Waals surface area contributed by atoms with E-state index in [-0.39, 0.29) is 15.7 Å². The van der Waals surface area contributed by atoms with Gasteiger partial charge in [0.25, 0.3) is 5.91 Å². The molecule has 1 aromatic rings. The second kappa shape index (κ2) is 9.30. The smallest absolute Gasteiger partial charge is 0.262 e. The maximum Gasteiger partial charge on any atom is 0.262 e. The molecule has 1 amide bonds. The van der Waals surface area contributed by atoms with Gasteiger partial charge in [-0.15, -0.1) is 11.3 Å². The molecule has 146 valence electrons. The van der Waals surface area contributed by atoms with Crippen molar-refractivity contribution in [3.05, 3.63) is 16.3 Å². The topological polar surface area (TPSA) is 75.7 Å². The number of hydrogen-bond donors (Lipinski definition) is 1. The first-order valence-corrected chi connectivity index (χ1v) is 11.9. The minimum absolute atomic E-state index is 0.139. The van der Waals surface area contributed by atoms with Crippen LogP contribution in [0.5, 0.6) is 0 Å². The zero-order valence-corrected chi connectivity index (χ0v) is 16.7. The Kier molecular flexibility index (Phi) is 7.08. The molecule has 8 heteroatoms. The number of carbonyl (C=O) groups excluding carboxylic acids is 1. The molecular weight excluding hydrogens is 372 g/mol. The van der Waals surface area contributed by atoms with E-state index in [9.17, 15) is 13.2 Å². The van der Waals surface area contributed by atoms with Gasteiger partial charge < -0.3 is 10.1 Å². The van der Waals surface area contributed by atoms with Gasteiger partial charge in [0, 0.05) is 26.2 Å². The van der Waals surface area contributed by atoms with E-state index in [0.717, 1.165) is 32.1 Å². The molecule has 0 radical (unpaired) electrons. The molecule has 26 heavy (non-hydrogen) atoms. The summed E-state index contributed by atoms with van der Waals surface area (Å²) < 4.78 is 32.7. The Morgan fingerprint density at radius 1 is 1.19 bits per heavy atom. The fraction of sp³-hybridized carbons (Fsp3) is 0.722. The van der Waals surface area contributed by atoms with Crippen molar-refractivity contribution in [2.45, 2.75) is 62.4 Å². The van der Waals surface area contributed by atoms with Gasteiger partial charge in [-0.25, -0.2) is 8.42 Å². The average Bonchev–Trinajstić information content (AvgIpc) is 3.34. The molecule has 2 aliphatic rings. The largest absolute Gasteiger partial charge is 0.378 e. The summed E-state index contributed by atoms with van der Waals surface area (Å²) in [5.74, 6) is -0.310. The number of thiophene rings is 1. The van der Waals surface area contributed by atoms with Crippen LogP contribution in [0.25, 0.3) is 0 Å². The zero-order chi connectivity index (χ0) is 18.4. The van der Waals surface area contributed by atoms with Gasteiger partial charge in [-0.05, 0) is 43.6 Å². The molecule has 1 saturated carbocycles. The Morgan fingerprint density at radius 3 is 2.65 bits per heavy atom. The van der Waals surface area contributed by atoms with Gasteiger partial charge in [0.2, 0.25) is 10.0 Å². The van der Waals surface area contributed by atoms with Gasteiger partial charge in [0.15, 0.2) is 0 Å². The Morgan fingerprint density at radius 2 is 1.92 bits per heavy atom. The lowest BCUT2D eigenvalue weighted by atomic mass is 9.98. The molecule has 0 aromatic carbocycles. The Labute approximate surface area is 160 Å². The molecule has 1 aromatic heterocycles. The lowest BCUT2D eigenvalue weighted by Crippen LogP contribution is -2.31. The highest BCUT2D eigenvalue weighted by Crippen LogP contribution is 2.27. The van der Waals surface area contributed by atoms with Crippen LogP contribution in [0, 0.1) is 0 Å². The SMILES string of the molecule is O=C(NCCCOC1CCCCC1)c1sccc1S(=O)(=O)N1CCCC1. The number of sulfonamides is 1. The predicted octanol–water partition coefficient (Wildman–Crippen LogP) is 3.00. The Balaban J connectivity index is 1.47. The first kappa shape index (κ1) is 19.8. The van der Waals surface area contributed by atoms with Crippen molar-refractivity contribution in [2.75, 3.05) is 26.2 Å². The van der Waals surface area contributed by atoms with Gasteiger partial charge in [-0.2, -0.15) is 4.31 Å². The van der Waals surface area contributed by atoms with Crippen molar-refractivity contribution in [3.8, 4) is 0 Å². The minimum Gasteiger partial charge on any atom is -0.378 e. The van der Waals surface area contributed by atoms with Gasteiger partial charge >= 0.3 is 0 Å². The lowest BCUT2D eigenvalue weighted by Gasteiger charge is -2.21. The summed E-state index contributed by atoms with van der Waals surface area (Å²) >= 11 is 1.18. The highest BCUT2D eigenvalue weighted by atomic mass is 32.2. The quantitative estimate of drug-likeness (QED) is 0.681. The van der Waals surface area contributed by atoms with Crippen LogP contribution in [0.2, 0.25) is 0 Å². The third kappa shape index (κ3) is 4.85. The molecule has 1 aliphatic carbocycles. The molecular formula is C18H28N2O4S2. The van der Waals surface area contributed by atoms with Crippen molar-refractivity contribution in [1.82, 2.24) is 9.62 Å². The van der Waals surface area contributed by atoms with Gasteiger partial charge in [-0.3, -0.25) is 4.79 Å². The van der Waals surface area contributed by atoms with Crippen LogP contribution in [-0.2, 0) is 14.8 Å². The van der Waals surface area contributed by atoms with Crippen molar-refractivity contribution in [3.63, 3.8) is 0 Å². The maximum atomic E-state index is 12.7. The normalized spacial score (nSPS) is 19.7. The first-order valence-electron chi connectivity index (χ1n) is 9.56. The molecule has 1 saturated heterocycles. The summed E-state index contributed by atoms with van der Waals surface area (Å²) in [5, 5.41) is 4.51. The lowest BCUT2D eigenvalue weighted by molar-refractivity contribution is 0.0273. The van der Waals surface area contributed by atoms with E-state index >= 15 is 0 Å². The van der Waals surface area contributed by atoms with Crippen molar-refractivity contribution < 1.29 is 17.9 Å². The van der Waals surface area contributed by atoms with Crippen LogP contribution in [0.1, 0.15) is 61.0 Å². The van der Waals surface area contributed by atoms with Gasteiger partial charge in [0.05, 0.1) is 6.10 Å². The minimum atomic E-state index is -3.56. The van der Waals surface area contributed by atoms with Gasteiger partial charge in [-0.1, -0.05) is 19.3 Å². The standard InChI is InChI=1S/C18H28N2O4S2/c21-18(19-10-6-13-24-15-7-2-1-3-8-15)17-16(9-14-25-17)26(22,23)20-11-4-5-12-20/h9,14-15H,1-8,10-13H2,(H,19,21). The molecule has 2 heterocycles. The number of hydrogen-bond acceptors (Lipinski definition) is 5. The van der Waals surface area contributed by atoms with E-state index in [4.69, 9.17) is 4.74 Å². The van der Waals surface area contributed by atoms with Crippen LogP contribution >= 0.6 is 11.3 Å². The second-order valence-corrected chi connectivity index (χ2v) is 9.79. The monoisotopic (exact) mass is 400 g/mol. The summed E-state index contributed by atoms with van der Waals surface area (Å²) in [5.41, 5.74) is 0. The van der Waals surface area contributed by atoms with E-state index in [0.29, 0.717) is 32.3 Å². The van der Waals surface area contributed by atoms with Crippen LogP contribution in [0.15, 0.2) is 16.3 Å². The Hall–Kier alpha value is -0.960.